The van der Waals surface area contributed by atoms with Crippen molar-refractivity contribution in [3.8, 4) is 28.8 Å². The lowest BCUT2D eigenvalue weighted by molar-refractivity contribution is -0.136. The van der Waals surface area contributed by atoms with E-state index in [2.05, 4.69) is 30.2 Å². The van der Waals surface area contributed by atoms with Crippen molar-refractivity contribution in [2.24, 2.45) is 0 Å². The van der Waals surface area contributed by atoms with Gasteiger partial charge in [0.1, 0.15) is 17.1 Å². The first kappa shape index (κ1) is 31.2. The first-order chi connectivity index (χ1) is 23.1. The molecule has 2 aromatic carbocycles. The van der Waals surface area contributed by atoms with Gasteiger partial charge in [-0.3, -0.25) is 14.9 Å². The van der Waals surface area contributed by atoms with E-state index in [1.54, 1.807) is 37.5 Å². The number of hydrogen-bond acceptors (Lipinski definition) is 10. The zero-order valence-electron chi connectivity index (χ0n) is 25.6. The number of hydrogen-bond donors (Lipinski definition) is 3. The molecule has 3 N–H and O–H groups in total. The van der Waals surface area contributed by atoms with E-state index >= 15 is 0 Å². The number of pyridine rings is 3. The summed E-state index contributed by atoms with van der Waals surface area (Å²) in [6.45, 7) is 3.41. The summed E-state index contributed by atoms with van der Waals surface area (Å²) in [5.41, 5.74) is 1.74. The number of likely N-dealkylation sites (tertiary alicyclic amines) is 1. The molecule has 1 fully saturated rings. The molecule has 48 heavy (non-hydrogen) atoms. The van der Waals surface area contributed by atoms with E-state index in [-0.39, 0.29) is 52.1 Å². The van der Waals surface area contributed by atoms with E-state index in [0.717, 1.165) is 23.9 Å². The van der Waals surface area contributed by atoms with Crippen molar-refractivity contribution in [1.82, 2.24) is 24.8 Å². The highest BCUT2D eigenvalue weighted by atomic mass is 19.4. The second-order valence-electron chi connectivity index (χ2n) is 11.7. The standard InChI is InChI=1S/C35H28F3N7O3/c1-19-25(3-2-4-27(19)43-33-30-22(5-8-41-33)12-21(15-42-30)16-45-10-7-24(47)17-45)31-29(35(36,37)38)26(6-9-40-31)34-44-28-13-20(18-46)11-23(14-39)32(28)48-34/h2-6,8-9,11-13,15,24,46-47H,7,10,16-18H2,1H3,(H,41,43)/t24-/m1/s1. The highest BCUT2D eigenvalue weighted by molar-refractivity contribution is 5.91. The number of nitriles is 1. The Balaban J connectivity index is 1.27. The molecule has 10 nitrogen and oxygen atoms in total. The number of aromatic nitrogens is 4. The largest absolute Gasteiger partial charge is 0.435 e. The molecule has 0 unspecified atom stereocenters. The minimum Gasteiger partial charge on any atom is -0.435 e. The van der Waals surface area contributed by atoms with Crippen molar-refractivity contribution < 1.29 is 27.8 Å². The molecular formula is C35H28F3N7O3. The molecule has 1 aliphatic rings. The van der Waals surface area contributed by atoms with Gasteiger partial charge in [0.25, 0.3) is 0 Å². The van der Waals surface area contributed by atoms with Gasteiger partial charge in [-0.25, -0.2) is 9.97 Å². The Kier molecular flexibility index (Phi) is 8.00. The third kappa shape index (κ3) is 5.81. The molecule has 0 radical (unpaired) electrons. The van der Waals surface area contributed by atoms with Crippen LogP contribution in [0, 0.1) is 18.3 Å². The number of alkyl halides is 3. The van der Waals surface area contributed by atoms with Gasteiger partial charge < -0.3 is 19.9 Å². The number of aliphatic hydroxyl groups is 2. The van der Waals surface area contributed by atoms with Crippen LogP contribution in [0.25, 0.3) is 44.7 Å². The van der Waals surface area contributed by atoms with Gasteiger partial charge in [0, 0.05) is 54.9 Å². The predicted octanol–water partition coefficient (Wildman–Crippen LogP) is 6.50. The molecule has 1 saturated heterocycles. The SMILES string of the molecule is Cc1c(Nc2nccc3cc(CN4CC[C@@H](O)C4)cnc23)cccc1-c1nccc(-c2nc3cc(CO)cc(C#N)c3o2)c1C(F)(F)F. The van der Waals surface area contributed by atoms with Crippen LogP contribution in [0.2, 0.25) is 0 Å². The van der Waals surface area contributed by atoms with E-state index in [1.165, 1.54) is 24.4 Å². The lowest BCUT2D eigenvalue weighted by Gasteiger charge is -2.18. The van der Waals surface area contributed by atoms with E-state index in [1.807, 2.05) is 18.2 Å². The average molecular weight is 652 g/mol. The molecule has 242 valence electrons. The molecule has 0 amide bonds. The lowest BCUT2D eigenvalue weighted by atomic mass is 9.96. The maximum Gasteiger partial charge on any atom is 0.419 e. The quantitative estimate of drug-likeness (QED) is 0.175. The van der Waals surface area contributed by atoms with Gasteiger partial charge in [0.15, 0.2) is 11.4 Å². The number of halogens is 3. The Labute approximate surface area is 272 Å². The minimum absolute atomic E-state index is 0.0247. The molecule has 7 rings (SSSR count). The summed E-state index contributed by atoms with van der Waals surface area (Å²) in [6, 6.07) is 14.8. The Morgan fingerprint density at radius 1 is 1.06 bits per heavy atom. The summed E-state index contributed by atoms with van der Waals surface area (Å²) in [4.78, 5) is 19.8. The first-order valence-corrected chi connectivity index (χ1v) is 15.1. The molecule has 4 aromatic heterocycles. The maximum absolute atomic E-state index is 14.9. The molecule has 1 aliphatic heterocycles. The number of benzene rings is 2. The number of fused-ring (bicyclic) bond motifs is 2. The van der Waals surface area contributed by atoms with Crippen LogP contribution in [0.1, 0.15) is 34.2 Å². The van der Waals surface area contributed by atoms with Crippen molar-refractivity contribution in [2.45, 2.75) is 38.8 Å². The number of oxazole rings is 1. The van der Waals surface area contributed by atoms with E-state index in [4.69, 9.17) is 4.42 Å². The summed E-state index contributed by atoms with van der Waals surface area (Å²) in [5, 5.41) is 33.1. The molecule has 1 atom stereocenters. The summed E-state index contributed by atoms with van der Waals surface area (Å²) < 4.78 is 50.4. The number of rotatable bonds is 7. The number of aliphatic hydroxyl groups excluding tert-OH is 2. The van der Waals surface area contributed by atoms with Gasteiger partial charge in [0.2, 0.25) is 5.89 Å². The van der Waals surface area contributed by atoms with E-state index in [9.17, 15) is 28.6 Å². The van der Waals surface area contributed by atoms with Crippen LogP contribution in [0.5, 0.6) is 0 Å². The number of nitrogens with one attached hydrogen (secondary N) is 1. The minimum atomic E-state index is -4.85. The van der Waals surface area contributed by atoms with Crippen LogP contribution in [0.15, 0.2) is 71.5 Å². The van der Waals surface area contributed by atoms with Crippen molar-refractivity contribution >= 4 is 33.5 Å². The summed E-state index contributed by atoms with van der Waals surface area (Å²) >= 11 is 0. The van der Waals surface area contributed by atoms with Crippen LogP contribution in [0.3, 0.4) is 0 Å². The number of β-amino-alcohol motifs (C(OH)–C–C–N with tert-alkyl or cyclic N) is 1. The van der Waals surface area contributed by atoms with Crippen LogP contribution >= 0.6 is 0 Å². The number of nitrogens with zero attached hydrogens (tertiary/aromatic N) is 6. The van der Waals surface area contributed by atoms with Gasteiger partial charge in [-0.15, -0.1) is 0 Å². The predicted molar refractivity (Wildman–Crippen MR) is 172 cm³/mol. The molecule has 5 heterocycles. The molecule has 0 spiro atoms. The van der Waals surface area contributed by atoms with Crippen molar-refractivity contribution in [2.75, 3.05) is 18.4 Å². The molecule has 0 aliphatic carbocycles. The summed E-state index contributed by atoms with van der Waals surface area (Å²) in [5.74, 6) is 0.112. The fourth-order valence-corrected chi connectivity index (χ4v) is 6.16. The molecule has 13 heteroatoms. The second kappa shape index (κ2) is 12.3. The van der Waals surface area contributed by atoms with E-state index in [0.29, 0.717) is 41.2 Å². The molecule has 6 aromatic rings. The third-order valence-corrected chi connectivity index (χ3v) is 8.47. The van der Waals surface area contributed by atoms with Gasteiger partial charge in [-0.1, -0.05) is 12.1 Å². The zero-order valence-corrected chi connectivity index (χ0v) is 25.6. The first-order valence-electron chi connectivity index (χ1n) is 15.1. The van der Waals surface area contributed by atoms with E-state index < -0.39 is 11.7 Å². The highest BCUT2D eigenvalue weighted by Gasteiger charge is 2.39. The smallest absolute Gasteiger partial charge is 0.419 e. The molecule has 0 saturated carbocycles. The van der Waals surface area contributed by atoms with Crippen LogP contribution < -0.4 is 5.32 Å². The topological polar surface area (TPSA) is 144 Å². The van der Waals surface area contributed by atoms with Crippen LogP contribution in [-0.2, 0) is 19.3 Å². The van der Waals surface area contributed by atoms with Crippen molar-refractivity contribution in [3.63, 3.8) is 0 Å². The zero-order chi connectivity index (χ0) is 33.6. The van der Waals surface area contributed by atoms with Crippen molar-refractivity contribution in [1.29, 1.82) is 5.26 Å². The summed E-state index contributed by atoms with van der Waals surface area (Å²) in [7, 11) is 0. The number of anilines is 2. The van der Waals surface area contributed by atoms with Crippen LogP contribution in [-0.4, -0.2) is 54.2 Å². The lowest BCUT2D eigenvalue weighted by Crippen LogP contribution is -2.21. The maximum atomic E-state index is 14.9. The monoisotopic (exact) mass is 651 g/mol. The Morgan fingerprint density at radius 3 is 2.65 bits per heavy atom. The second-order valence-corrected chi connectivity index (χ2v) is 11.7. The van der Waals surface area contributed by atoms with Crippen LogP contribution in [0.4, 0.5) is 24.7 Å². The van der Waals surface area contributed by atoms with Gasteiger partial charge >= 0.3 is 6.18 Å². The molecule has 0 bridgehead atoms. The summed E-state index contributed by atoms with van der Waals surface area (Å²) in [6.07, 6.45) is 0.245. The Bertz CT molecular complexity index is 2230. The normalized spacial score (nSPS) is 15.3. The van der Waals surface area contributed by atoms with Gasteiger partial charge in [-0.05, 0) is 66.4 Å². The Hall–Kier alpha value is -5.42. The molecular weight excluding hydrogens is 623 g/mol. The third-order valence-electron chi connectivity index (χ3n) is 8.47. The van der Waals surface area contributed by atoms with Gasteiger partial charge in [-0.2, -0.15) is 18.4 Å². The van der Waals surface area contributed by atoms with Crippen molar-refractivity contribution in [3.05, 3.63) is 94.9 Å². The Morgan fingerprint density at radius 2 is 1.90 bits per heavy atom. The highest BCUT2D eigenvalue weighted by Crippen LogP contribution is 2.44. The fraction of sp³-hybridized carbons (Fsp3) is 0.229. The fourth-order valence-electron chi connectivity index (χ4n) is 6.16. The van der Waals surface area contributed by atoms with Gasteiger partial charge in [0.05, 0.1) is 35.1 Å². The average Bonchev–Trinajstić information content (AvgIpc) is 3.70.